The molecule has 122 valence electrons. The average Bonchev–Trinajstić information content (AvgIpc) is 2.82. The van der Waals surface area contributed by atoms with Crippen LogP contribution in [0, 0.1) is 0 Å². The number of anilines is 2. The van der Waals surface area contributed by atoms with Gasteiger partial charge in [-0.15, -0.1) is 0 Å². The molecule has 0 radical (unpaired) electrons. The maximum Gasteiger partial charge on any atom is 0.227 e. The standard InChI is InChI=1S/C17H27N3O2/c1-22-14(13-18)12-17(21)19-15-8-4-5-9-16(15)20-10-6-2-3-7-11-20/h4-5,8-9,14H,2-3,6-7,10-13,18H2,1H3,(H,19,21). The van der Waals surface area contributed by atoms with Crippen LogP contribution in [-0.4, -0.2) is 38.8 Å². The second-order valence-electron chi connectivity index (χ2n) is 5.76. The van der Waals surface area contributed by atoms with Crippen LogP contribution in [0.3, 0.4) is 0 Å². The minimum atomic E-state index is -0.231. The van der Waals surface area contributed by atoms with E-state index in [-0.39, 0.29) is 18.4 Å². The predicted octanol–water partition coefficient (Wildman–Crippen LogP) is 2.37. The van der Waals surface area contributed by atoms with E-state index in [1.165, 1.54) is 25.7 Å². The quantitative estimate of drug-likeness (QED) is 0.846. The molecule has 0 aromatic heterocycles. The summed E-state index contributed by atoms with van der Waals surface area (Å²) in [5.41, 5.74) is 7.56. The highest BCUT2D eigenvalue weighted by atomic mass is 16.5. The number of hydrogen-bond acceptors (Lipinski definition) is 4. The van der Waals surface area contributed by atoms with Crippen LogP contribution in [0.2, 0.25) is 0 Å². The third-order valence-corrected chi connectivity index (χ3v) is 4.13. The van der Waals surface area contributed by atoms with Gasteiger partial charge in [-0.25, -0.2) is 0 Å². The van der Waals surface area contributed by atoms with Crippen molar-refractivity contribution >= 4 is 17.3 Å². The zero-order chi connectivity index (χ0) is 15.8. The molecule has 0 aliphatic carbocycles. The minimum Gasteiger partial charge on any atom is -0.380 e. The summed E-state index contributed by atoms with van der Waals surface area (Å²) in [5, 5.41) is 3.01. The van der Waals surface area contributed by atoms with Gasteiger partial charge in [0.25, 0.3) is 0 Å². The van der Waals surface area contributed by atoms with Gasteiger partial charge in [0.1, 0.15) is 0 Å². The maximum atomic E-state index is 12.2. The Morgan fingerprint density at radius 3 is 2.59 bits per heavy atom. The molecule has 22 heavy (non-hydrogen) atoms. The van der Waals surface area contributed by atoms with Crippen molar-refractivity contribution in [3.8, 4) is 0 Å². The lowest BCUT2D eigenvalue weighted by Gasteiger charge is -2.25. The third kappa shape index (κ3) is 4.71. The van der Waals surface area contributed by atoms with Gasteiger partial charge in [-0.3, -0.25) is 4.79 Å². The lowest BCUT2D eigenvalue weighted by Crippen LogP contribution is -2.29. The smallest absolute Gasteiger partial charge is 0.227 e. The first-order valence-corrected chi connectivity index (χ1v) is 8.11. The summed E-state index contributed by atoms with van der Waals surface area (Å²) in [5.74, 6) is -0.0560. The van der Waals surface area contributed by atoms with E-state index in [2.05, 4.69) is 16.3 Å². The largest absolute Gasteiger partial charge is 0.380 e. The summed E-state index contributed by atoms with van der Waals surface area (Å²) in [6.07, 6.45) is 5.04. The number of carbonyl (C=O) groups is 1. The first-order chi connectivity index (χ1) is 10.7. The predicted molar refractivity (Wildman–Crippen MR) is 90.2 cm³/mol. The van der Waals surface area contributed by atoms with Crippen molar-refractivity contribution in [2.24, 2.45) is 5.73 Å². The molecule has 3 N–H and O–H groups in total. The number of para-hydroxylation sites is 2. The number of rotatable bonds is 6. The van der Waals surface area contributed by atoms with Crippen LogP contribution in [0.4, 0.5) is 11.4 Å². The molecule has 0 saturated carbocycles. The minimum absolute atomic E-state index is 0.0560. The molecule has 1 heterocycles. The van der Waals surface area contributed by atoms with Gasteiger partial charge in [0.05, 0.1) is 23.9 Å². The van der Waals surface area contributed by atoms with Crippen molar-refractivity contribution in [2.75, 3.05) is 37.0 Å². The molecule has 1 saturated heterocycles. The van der Waals surface area contributed by atoms with Gasteiger partial charge < -0.3 is 20.7 Å². The van der Waals surface area contributed by atoms with E-state index in [1.807, 2.05) is 18.2 Å². The Labute approximate surface area is 132 Å². The summed E-state index contributed by atoms with van der Waals surface area (Å²) in [6, 6.07) is 8.02. The highest BCUT2D eigenvalue weighted by Gasteiger charge is 2.16. The number of carbonyl (C=O) groups excluding carboxylic acids is 1. The highest BCUT2D eigenvalue weighted by Crippen LogP contribution is 2.28. The SMILES string of the molecule is COC(CN)CC(=O)Nc1ccccc1N1CCCCCC1. The number of nitrogens with one attached hydrogen (secondary N) is 1. The summed E-state index contributed by atoms with van der Waals surface area (Å²) in [6.45, 7) is 2.45. The van der Waals surface area contributed by atoms with Crippen molar-refractivity contribution in [1.29, 1.82) is 0 Å². The normalized spacial score (nSPS) is 16.9. The molecule has 1 aromatic rings. The van der Waals surface area contributed by atoms with Gasteiger partial charge in [0.2, 0.25) is 5.91 Å². The fraction of sp³-hybridized carbons (Fsp3) is 0.588. The van der Waals surface area contributed by atoms with Gasteiger partial charge in [0.15, 0.2) is 0 Å². The Kier molecular flexibility index (Phi) is 6.68. The van der Waals surface area contributed by atoms with Gasteiger partial charge >= 0.3 is 0 Å². The number of nitrogens with two attached hydrogens (primary N) is 1. The molecule has 2 rings (SSSR count). The van der Waals surface area contributed by atoms with E-state index in [1.54, 1.807) is 7.11 Å². The summed E-state index contributed by atoms with van der Waals surface area (Å²) in [7, 11) is 1.58. The Balaban J connectivity index is 2.05. The number of ether oxygens (including phenoxy) is 1. The van der Waals surface area contributed by atoms with Crippen molar-refractivity contribution in [1.82, 2.24) is 0 Å². The van der Waals surface area contributed by atoms with Crippen LogP contribution in [0.5, 0.6) is 0 Å². The Bertz CT molecular complexity index is 467. The second-order valence-corrected chi connectivity index (χ2v) is 5.76. The highest BCUT2D eigenvalue weighted by molar-refractivity contribution is 5.94. The van der Waals surface area contributed by atoms with E-state index < -0.39 is 0 Å². The monoisotopic (exact) mass is 305 g/mol. The number of nitrogens with zero attached hydrogens (tertiary/aromatic N) is 1. The second kappa shape index (κ2) is 8.76. The fourth-order valence-corrected chi connectivity index (χ4v) is 2.84. The summed E-state index contributed by atoms with van der Waals surface area (Å²) >= 11 is 0. The first-order valence-electron chi connectivity index (χ1n) is 8.11. The molecular weight excluding hydrogens is 278 g/mol. The number of benzene rings is 1. The van der Waals surface area contributed by atoms with E-state index in [4.69, 9.17) is 10.5 Å². The topological polar surface area (TPSA) is 67.6 Å². The molecule has 0 spiro atoms. The van der Waals surface area contributed by atoms with E-state index in [0.717, 1.165) is 24.5 Å². The Morgan fingerprint density at radius 2 is 1.95 bits per heavy atom. The van der Waals surface area contributed by atoms with E-state index in [0.29, 0.717) is 6.54 Å². The van der Waals surface area contributed by atoms with Crippen LogP contribution in [0.1, 0.15) is 32.1 Å². The molecule has 1 amide bonds. The maximum absolute atomic E-state index is 12.2. The molecule has 0 bridgehead atoms. The van der Waals surface area contributed by atoms with Crippen molar-refractivity contribution in [3.05, 3.63) is 24.3 Å². The molecule has 1 unspecified atom stereocenters. The van der Waals surface area contributed by atoms with Crippen LogP contribution in [0.25, 0.3) is 0 Å². The zero-order valence-corrected chi connectivity index (χ0v) is 13.4. The molecule has 1 aromatic carbocycles. The van der Waals surface area contributed by atoms with Crippen LogP contribution < -0.4 is 16.0 Å². The molecule has 1 atom stereocenters. The van der Waals surface area contributed by atoms with Gasteiger partial charge in [-0.1, -0.05) is 25.0 Å². The molecule has 5 nitrogen and oxygen atoms in total. The van der Waals surface area contributed by atoms with Crippen LogP contribution >= 0.6 is 0 Å². The van der Waals surface area contributed by atoms with Gasteiger partial charge in [-0.2, -0.15) is 0 Å². The zero-order valence-electron chi connectivity index (χ0n) is 13.4. The molecule has 1 fully saturated rings. The Morgan fingerprint density at radius 1 is 1.27 bits per heavy atom. The van der Waals surface area contributed by atoms with E-state index >= 15 is 0 Å². The van der Waals surface area contributed by atoms with Gasteiger partial charge in [-0.05, 0) is 25.0 Å². The van der Waals surface area contributed by atoms with Crippen molar-refractivity contribution < 1.29 is 9.53 Å². The van der Waals surface area contributed by atoms with Crippen LogP contribution in [-0.2, 0) is 9.53 Å². The number of amides is 1. The van der Waals surface area contributed by atoms with Crippen molar-refractivity contribution in [2.45, 2.75) is 38.2 Å². The summed E-state index contributed by atoms with van der Waals surface area (Å²) in [4.78, 5) is 14.6. The Hall–Kier alpha value is -1.59. The lowest BCUT2D eigenvalue weighted by molar-refractivity contribution is -0.118. The number of hydrogen-bond donors (Lipinski definition) is 2. The van der Waals surface area contributed by atoms with Crippen molar-refractivity contribution in [3.63, 3.8) is 0 Å². The first kappa shape index (κ1) is 16.8. The molecule has 1 aliphatic heterocycles. The van der Waals surface area contributed by atoms with Gasteiger partial charge in [0, 0.05) is 26.7 Å². The lowest BCUT2D eigenvalue weighted by atomic mass is 10.2. The van der Waals surface area contributed by atoms with Crippen LogP contribution in [0.15, 0.2) is 24.3 Å². The fourth-order valence-electron chi connectivity index (χ4n) is 2.84. The van der Waals surface area contributed by atoms with E-state index in [9.17, 15) is 4.79 Å². The average molecular weight is 305 g/mol. The third-order valence-electron chi connectivity index (χ3n) is 4.13. The number of methoxy groups -OCH3 is 1. The molecular formula is C17H27N3O2. The summed E-state index contributed by atoms with van der Waals surface area (Å²) < 4.78 is 5.17. The molecule has 5 heteroatoms. The molecule has 1 aliphatic rings.